The van der Waals surface area contributed by atoms with E-state index in [4.69, 9.17) is 0 Å². The highest BCUT2D eigenvalue weighted by molar-refractivity contribution is 4.90. The molecule has 19 heavy (non-hydrogen) atoms. The standard InChI is InChI=1S/C13H24N6/c1-2-18(9-11-4-3-7-14-8-11)10-13-15-16-17-19(13)12-5-6-12/h11-12,14H,2-10H2,1H3. The summed E-state index contributed by atoms with van der Waals surface area (Å²) in [6.45, 7) is 7.67. The summed E-state index contributed by atoms with van der Waals surface area (Å²) in [7, 11) is 0. The van der Waals surface area contributed by atoms with Gasteiger partial charge in [-0.15, -0.1) is 5.10 Å². The fourth-order valence-electron chi connectivity index (χ4n) is 2.87. The van der Waals surface area contributed by atoms with Crippen molar-refractivity contribution in [3.8, 4) is 0 Å². The summed E-state index contributed by atoms with van der Waals surface area (Å²) >= 11 is 0. The van der Waals surface area contributed by atoms with Gasteiger partial charge in [0.2, 0.25) is 0 Å². The number of hydrogen-bond acceptors (Lipinski definition) is 5. The molecule has 0 spiro atoms. The van der Waals surface area contributed by atoms with E-state index in [1.54, 1.807) is 0 Å². The van der Waals surface area contributed by atoms with Gasteiger partial charge in [-0.25, -0.2) is 4.68 Å². The lowest BCUT2D eigenvalue weighted by atomic mass is 9.99. The molecule has 3 rings (SSSR count). The van der Waals surface area contributed by atoms with E-state index in [0.717, 1.165) is 37.9 Å². The van der Waals surface area contributed by atoms with Crippen LogP contribution in [0.3, 0.4) is 0 Å². The van der Waals surface area contributed by atoms with E-state index >= 15 is 0 Å². The van der Waals surface area contributed by atoms with Gasteiger partial charge in [0.15, 0.2) is 5.82 Å². The summed E-state index contributed by atoms with van der Waals surface area (Å²) in [5.41, 5.74) is 0. The maximum absolute atomic E-state index is 4.20. The SMILES string of the molecule is CCN(Cc1nnnn1C1CC1)CC1CCCNC1. The van der Waals surface area contributed by atoms with Crippen molar-refractivity contribution in [1.82, 2.24) is 30.4 Å². The van der Waals surface area contributed by atoms with Crippen LogP contribution in [0.4, 0.5) is 0 Å². The first kappa shape index (κ1) is 13.0. The first-order valence-corrected chi connectivity index (χ1v) is 7.56. The minimum absolute atomic E-state index is 0.569. The molecule has 2 fully saturated rings. The number of hydrogen-bond donors (Lipinski definition) is 1. The number of tetrazole rings is 1. The van der Waals surface area contributed by atoms with Crippen LogP contribution in [0, 0.1) is 5.92 Å². The predicted octanol–water partition coefficient (Wildman–Crippen LogP) is 0.829. The molecule has 1 aliphatic carbocycles. The minimum atomic E-state index is 0.569. The molecule has 0 bridgehead atoms. The number of piperidine rings is 1. The molecule has 106 valence electrons. The van der Waals surface area contributed by atoms with Crippen LogP contribution in [0.25, 0.3) is 0 Å². The zero-order valence-electron chi connectivity index (χ0n) is 11.8. The van der Waals surface area contributed by atoms with Crippen molar-refractivity contribution in [2.24, 2.45) is 5.92 Å². The Kier molecular flexibility index (Phi) is 4.08. The average molecular weight is 264 g/mol. The molecule has 6 heteroatoms. The number of nitrogens with one attached hydrogen (secondary N) is 1. The molecule has 1 saturated heterocycles. The smallest absolute Gasteiger partial charge is 0.165 e. The highest BCUT2D eigenvalue weighted by atomic mass is 15.6. The van der Waals surface area contributed by atoms with Crippen LogP contribution in [0.2, 0.25) is 0 Å². The van der Waals surface area contributed by atoms with E-state index in [9.17, 15) is 0 Å². The monoisotopic (exact) mass is 264 g/mol. The molecule has 6 nitrogen and oxygen atoms in total. The highest BCUT2D eigenvalue weighted by Gasteiger charge is 2.28. The quantitative estimate of drug-likeness (QED) is 0.824. The van der Waals surface area contributed by atoms with E-state index in [1.165, 1.54) is 32.2 Å². The highest BCUT2D eigenvalue weighted by Crippen LogP contribution is 2.34. The second-order valence-corrected chi connectivity index (χ2v) is 5.81. The third-order valence-corrected chi connectivity index (χ3v) is 4.18. The molecule has 1 aromatic heterocycles. The van der Waals surface area contributed by atoms with Crippen molar-refractivity contribution >= 4 is 0 Å². The summed E-state index contributed by atoms with van der Waals surface area (Å²) in [5, 5.41) is 15.7. The summed E-state index contributed by atoms with van der Waals surface area (Å²) in [4.78, 5) is 2.47. The van der Waals surface area contributed by atoms with Crippen molar-refractivity contribution < 1.29 is 0 Å². The fourth-order valence-corrected chi connectivity index (χ4v) is 2.87. The molecule has 0 amide bonds. The van der Waals surface area contributed by atoms with Crippen LogP contribution < -0.4 is 5.32 Å². The van der Waals surface area contributed by atoms with Crippen LogP contribution in [0.5, 0.6) is 0 Å². The predicted molar refractivity (Wildman–Crippen MR) is 72.6 cm³/mol. The Labute approximate surface area is 114 Å². The molecule has 2 heterocycles. The molecule has 0 aromatic carbocycles. The minimum Gasteiger partial charge on any atom is -0.316 e. The van der Waals surface area contributed by atoms with Gasteiger partial charge in [0.05, 0.1) is 12.6 Å². The van der Waals surface area contributed by atoms with E-state index < -0.39 is 0 Å². The molecule has 1 N–H and O–H groups in total. The van der Waals surface area contributed by atoms with Gasteiger partial charge in [-0.3, -0.25) is 4.90 Å². The van der Waals surface area contributed by atoms with Crippen molar-refractivity contribution in [3.05, 3.63) is 5.82 Å². The Balaban J connectivity index is 1.57. The number of aromatic nitrogens is 4. The first-order valence-electron chi connectivity index (χ1n) is 7.56. The Morgan fingerprint density at radius 1 is 1.37 bits per heavy atom. The van der Waals surface area contributed by atoms with Crippen molar-refractivity contribution in [3.63, 3.8) is 0 Å². The lowest BCUT2D eigenvalue weighted by molar-refractivity contribution is 0.202. The zero-order valence-corrected chi connectivity index (χ0v) is 11.8. The van der Waals surface area contributed by atoms with E-state index in [2.05, 4.69) is 32.7 Å². The lowest BCUT2D eigenvalue weighted by Crippen LogP contribution is -2.38. The summed E-state index contributed by atoms with van der Waals surface area (Å²) in [6.07, 6.45) is 5.12. The number of rotatable bonds is 6. The topological polar surface area (TPSA) is 58.9 Å². The Morgan fingerprint density at radius 2 is 2.26 bits per heavy atom. The molecule has 1 atom stereocenters. The van der Waals surface area contributed by atoms with Gasteiger partial charge in [-0.2, -0.15) is 0 Å². The second-order valence-electron chi connectivity index (χ2n) is 5.81. The third-order valence-electron chi connectivity index (χ3n) is 4.18. The van der Waals surface area contributed by atoms with Crippen molar-refractivity contribution in [2.45, 2.75) is 45.2 Å². The summed E-state index contributed by atoms with van der Waals surface area (Å²) < 4.78 is 2.03. The van der Waals surface area contributed by atoms with Crippen LogP contribution in [-0.2, 0) is 6.54 Å². The molecular weight excluding hydrogens is 240 g/mol. The van der Waals surface area contributed by atoms with Crippen LogP contribution in [0.1, 0.15) is 44.5 Å². The van der Waals surface area contributed by atoms with Crippen LogP contribution in [-0.4, -0.2) is 51.3 Å². The maximum atomic E-state index is 4.20. The van der Waals surface area contributed by atoms with Crippen molar-refractivity contribution in [2.75, 3.05) is 26.2 Å². The van der Waals surface area contributed by atoms with Gasteiger partial charge in [0.1, 0.15) is 0 Å². The molecule has 2 aliphatic rings. The maximum Gasteiger partial charge on any atom is 0.165 e. The Hall–Kier alpha value is -1.01. The molecule has 1 aromatic rings. The van der Waals surface area contributed by atoms with Gasteiger partial charge in [0, 0.05) is 6.54 Å². The van der Waals surface area contributed by atoms with Crippen LogP contribution >= 0.6 is 0 Å². The fraction of sp³-hybridized carbons (Fsp3) is 0.923. The van der Waals surface area contributed by atoms with E-state index in [1.807, 2.05) is 4.68 Å². The van der Waals surface area contributed by atoms with Gasteiger partial charge < -0.3 is 5.32 Å². The third kappa shape index (κ3) is 3.30. The second kappa shape index (κ2) is 5.96. The normalized spacial score (nSPS) is 24.0. The molecular formula is C13H24N6. The number of nitrogens with zero attached hydrogens (tertiary/aromatic N) is 5. The molecule has 1 saturated carbocycles. The van der Waals surface area contributed by atoms with Gasteiger partial charge in [-0.1, -0.05) is 6.92 Å². The average Bonchev–Trinajstić information content (AvgIpc) is 3.19. The Bertz CT molecular complexity index is 394. The zero-order chi connectivity index (χ0) is 13.1. The van der Waals surface area contributed by atoms with E-state index in [0.29, 0.717) is 6.04 Å². The molecule has 1 aliphatic heterocycles. The molecule has 1 unspecified atom stereocenters. The Morgan fingerprint density at radius 3 is 2.95 bits per heavy atom. The summed E-state index contributed by atoms with van der Waals surface area (Å²) in [6, 6.07) is 0.569. The first-order chi connectivity index (χ1) is 9.36. The van der Waals surface area contributed by atoms with Gasteiger partial charge in [0.25, 0.3) is 0 Å². The van der Waals surface area contributed by atoms with Gasteiger partial charge >= 0.3 is 0 Å². The largest absolute Gasteiger partial charge is 0.316 e. The van der Waals surface area contributed by atoms with E-state index in [-0.39, 0.29) is 0 Å². The van der Waals surface area contributed by atoms with Crippen molar-refractivity contribution in [1.29, 1.82) is 0 Å². The summed E-state index contributed by atoms with van der Waals surface area (Å²) in [5.74, 6) is 1.81. The van der Waals surface area contributed by atoms with Crippen LogP contribution in [0.15, 0.2) is 0 Å². The van der Waals surface area contributed by atoms with Gasteiger partial charge in [-0.05, 0) is 61.7 Å². The molecule has 0 radical (unpaired) electrons. The lowest BCUT2D eigenvalue weighted by Gasteiger charge is -2.29.